The van der Waals surface area contributed by atoms with Gasteiger partial charge in [-0.2, -0.15) is 0 Å². The lowest BCUT2D eigenvalue weighted by atomic mass is 10.1. The number of benzene rings is 4. The number of hydrogen-bond donors (Lipinski definition) is 3. The van der Waals surface area contributed by atoms with Crippen LogP contribution >= 0.6 is 0 Å². The van der Waals surface area contributed by atoms with Gasteiger partial charge < -0.3 is 34.5 Å². The Bertz CT molecular complexity index is 2670. The van der Waals surface area contributed by atoms with Crippen molar-refractivity contribution in [2.75, 3.05) is 0 Å². The minimum absolute atomic E-state index is 0. The maximum atomic E-state index is 12.4. The van der Waals surface area contributed by atoms with Gasteiger partial charge in [0.05, 0.1) is 5.56 Å². The number of nitrogens with zero attached hydrogens (tertiary/aromatic N) is 4. The van der Waals surface area contributed by atoms with Crippen LogP contribution < -0.4 is 20.5 Å². The predicted molar refractivity (Wildman–Crippen MR) is 246 cm³/mol. The summed E-state index contributed by atoms with van der Waals surface area (Å²) < 4.78 is 23.0. The molecule has 0 aliphatic heterocycles. The highest BCUT2D eigenvalue weighted by Crippen LogP contribution is 2.25. The number of amides is 1. The maximum absolute atomic E-state index is 12.4. The number of carboxylic acid groups (broad SMARTS) is 1. The normalized spacial score (nSPS) is 10.3. The monoisotopic (exact) mass is 860 g/mol. The smallest absolute Gasteiger partial charge is 0.335 e. The molecule has 0 radical (unpaired) electrons. The van der Waals surface area contributed by atoms with Crippen molar-refractivity contribution in [3.63, 3.8) is 0 Å². The molecule has 8 aromatic rings. The van der Waals surface area contributed by atoms with Crippen LogP contribution in [0.1, 0.15) is 73.3 Å². The van der Waals surface area contributed by atoms with Crippen molar-refractivity contribution in [2.45, 2.75) is 61.4 Å². The summed E-state index contributed by atoms with van der Waals surface area (Å²) in [6.45, 7) is 9.39. The van der Waals surface area contributed by atoms with E-state index in [1.807, 2.05) is 113 Å². The number of carbonyl (C=O) groups excluding carboxylic acids is 1. The van der Waals surface area contributed by atoms with E-state index < -0.39 is 5.97 Å². The SMILES string of the molecule is C.Cc1ccc(OCc2nc(-c3ccc(C(=O)NCc4cccnc4)cc3)oc2C)cc1.Cc1ccc(OCc2nc(-c3ccc(C(=O)O)cc3)oc2C)cc1.NCc1cccnc1. The van der Waals surface area contributed by atoms with Crippen molar-refractivity contribution in [3.05, 3.63) is 202 Å². The third-order valence-electron chi connectivity index (χ3n) is 9.49. The lowest BCUT2D eigenvalue weighted by Gasteiger charge is -2.05. The Balaban J connectivity index is 0.000000207. The standard InChI is InChI=1S/C25H23N3O3.C19H17NO4.C6H8N2.CH4/c1-17-5-11-22(12-6-17)30-16-23-18(2)31-25(28-23)21-9-7-20(8-10-21)24(29)27-15-19-4-3-13-26-14-19;1-12-3-9-16(10-4-12)23-11-17-13(2)24-18(20-17)14-5-7-15(8-6-14)19(21)22;7-4-6-2-1-3-8-5-6;/h3-14H,15-16H2,1-2H3,(H,27,29);3-10H,11H2,1-2H3,(H,21,22);1-3,5H,4,7H2;1H4. The number of aromatic nitrogens is 4. The van der Waals surface area contributed by atoms with Gasteiger partial charge >= 0.3 is 5.97 Å². The Morgan fingerprint density at radius 3 is 1.44 bits per heavy atom. The lowest BCUT2D eigenvalue weighted by molar-refractivity contribution is 0.0696. The van der Waals surface area contributed by atoms with Crippen LogP contribution in [0.5, 0.6) is 11.5 Å². The lowest BCUT2D eigenvalue weighted by Crippen LogP contribution is -2.22. The summed E-state index contributed by atoms with van der Waals surface area (Å²) in [5.41, 5.74) is 13.5. The van der Waals surface area contributed by atoms with Gasteiger partial charge in [0, 0.05) is 54.6 Å². The highest BCUT2D eigenvalue weighted by Gasteiger charge is 2.15. The molecule has 4 N–H and O–H groups in total. The first-order valence-corrected chi connectivity index (χ1v) is 20.1. The van der Waals surface area contributed by atoms with Crippen LogP contribution in [0.2, 0.25) is 0 Å². The molecular formula is C51H52N6O7. The molecule has 0 fully saturated rings. The molecule has 0 aliphatic carbocycles. The topological polar surface area (TPSA) is 189 Å². The van der Waals surface area contributed by atoms with Crippen LogP contribution in [0.25, 0.3) is 22.9 Å². The Morgan fingerprint density at radius 2 is 1.05 bits per heavy atom. The third-order valence-corrected chi connectivity index (χ3v) is 9.49. The van der Waals surface area contributed by atoms with Gasteiger partial charge in [0.1, 0.15) is 47.6 Å². The summed E-state index contributed by atoms with van der Waals surface area (Å²) in [5.74, 6) is 2.80. The van der Waals surface area contributed by atoms with Crippen LogP contribution in [-0.2, 0) is 26.3 Å². The molecule has 0 spiro atoms. The molecular weight excluding hydrogens is 809 g/mol. The number of oxazole rings is 2. The fourth-order valence-corrected chi connectivity index (χ4v) is 5.77. The molecule has 0 aliphatic rings. The van der Waals surface area contributed by atoms with E-state index in [9.17, 15) is 9.59 Å². The Kier molecular flexibility index (Phi) is 17.2. The number of pyridine rings is 2. The van der Waals surface area contributed by atoms with Gasteiger partial charge in [-0.25, -0.2) is 14.8 Å². The highest BCUT2D eigenvalue weighted by atomic mass is 16.5. The van der Waals surface area contributed by atoms with E-state index in [0.29, 0.717) is 60.9 Å². The summed E-state index contributed by atoms with van der Waals surface area (Å²) in [6.07, 6.45) is 6.93. The summed E-state index contributed by atoms with van der Waals surface area (Å²) in [6, 6.07) is 36.9. The molecule has 64 heavy (non-hydrogen) atoms. The van der Waals surface area contributed by atoms with Gasteiger partial charge in [0.25, 0.3) is 5.91 Å². The molecule has 0 unspecified atom stereocenters. The van der Waals surface area contributed by atoms with Crippen molar-refractivity contribution >= 4 is 11.9 Å². The van der Waals surface area contributed by atoms with Crippen molar-refractivity contribution in [3.8, 4) is 34.4 Å². The number of aromatic carboxylic acids is 1. The van der Waals surface area contributed by atoms with Crippen molar-refractivity contribution in [2.24, 2.45) is 5.73 Å². The first kappa shape index (κ1) is 47.2. The number of rotatable bonds is 13. The Hall–Kier alpha value is -7.90. The zero-order chi connectivity index (χ0) is 44.6. The molecule has 328 valence electrons. The van der Waals surface area contributed by atoms with E-state index in [1.165, 1.54) is 23.3 Å². The zero-order valence-corrected chi connectivity index (χ0v) is 35.4. The largest absolute Gasteiger partial charge is 0.487 e. The fourth-order valence-electron chi connectivity index (χ4n) is 5.77. The van der Waals surface area contributed by atoms with Crippen LogP contribution in [0.4, 0.5) is 0 Å². The number of aryl methyl sites for hydroxylation is 4. The molecule has 8 rings (SSSR count). The second kappa shape index (κ2) is 23.4. The van der Waals surface area contributed by atoms with E-state index in [-0.39, 0.29) is 18.9 Å². The second-order valence-electron chi connectivity index (χ2n) is 14.3. The first-order valence-electron chi connectivity index (χ1n) is 20.1. The number of nitrogens with two attached hydrogens (primary N) is 1. The van der Waals surface area contributed by atoms with Crippen molar-refractivity contribution in [1.29, 1.82) is 0 Å². The summed E-state index contributed by atoms with van der Waals surface area (Å²) in [7, 11) is 0. The van der Waals surface area contributed by atoms with Crippen LogP contribution in [0, 0.1) is 27.7 Å². The third kappa shape index (κ3) is 13.8. The number of carboxylic acids is 1. The van der Waals surface area contributed by atoms with Gasteiger partial charge in [0.2, 0.25) is 11.8 Å². The minimum Gasteiger partial charge on any atom is -0.487 e. The quantitative estimate of drug-likeness (QED) is 0.0996. The average Bonchev–Trinajstić information content (AvgIpc) is 3.89. The average molecular weight is 861 g/mol. The minimum atomic E-state index is -0.961. The second-order valence-corrected chi connectivity index (χ2v) is 14.3. The number of hydrogen-bond acceptors (Lipinski definition) is 11. The van der Waals surface area contributed by atoms with Crippen molar-refractivity contribution < 1.29 is 33.0 Å². The van der Waals surface area contributed by atoms with E-state index in [2.05, 4.69) is 25.3 Å². The molecule has 13 nitrogen and oxygen atoms in total. The summed E-state index contributed by atoms with van der Waals surface area (Å²) >= 11 is 0. The van der Waals surface area contributed by atoms with Crippen LogP contribution in [0.15, 0.2) is 155 Å². The van der Waals surface area contributed by atoms with E-state index >= 15 is 0 Å². The summed E-state index contributed by atoms with van der Waals surface area (Å²) in [4.78, 5) is 40.2. The molecule has 4 aromatic carbocycles. The Labute approximate surface area is 373 Å². The van der Waals surface area contributed by atoms with Gasteiger partial charge in [-0.3, -0.25) is 14.8 Å². The van der Waals surface area contributed by atoms with E-state index in [0.717, 1.165) is 39.4 Å². The maximum Gasteiger partial charge on any atom is 0.335 e. The molecule has 0 bridgehead atoms. The fraction of sp³-hybridized carbons (Fsp3) is 0.176. The van der Waals surface area contributed by atoms with Crippen LogP contribution in [-0.4, -0.2) is 36.9 Å². The highest BCUT2D eigenvalue weighted by molar-refractivity contribution is 5.94. The predicted octanol–water partition coefficient (Wildman–Crippen LogP) is 10.3. The van der Waals surface area contributed by atoms with Gasteiger partial charge in [-0.15, -0.1) is 0 Å². The molecule has 4 aromatic heterocycles. The van der Waals surface area contributed by atoms with Gasteiger partial charge in [-0.05, 0) is 124 Å². The molecule has 13 heteroatoms. The van der Waals surface area contributed by atoms with Crippen molar-refractivity contribution in [1.82, 2.24) is 25.3 Å². The van der Waals surface area contributed by atoms with Gasteiger partial charge in [-0.1, -0.05) is 55.0 Å². The van der Waals surface area contributed by atoms with Gasteiger partial charge in [0.15, 0.2) is 0 Å². The van der Waals surface area contributed by atoms with E-state index in [4.69, 9.17) is 29.1 Å². The molecule has 4 heterocycles. The van der Waals surface area contributed by atoms with E-state index in [1.54, 1.807) is 49.1 Å². The Morgan fingerprint density at radius 1 is 0.609 bits per heavy atom. The van der Waals surface area contributed by atoms with Crippen LogP contribution in [0.3, 0.4) is 0 Å². The number of nitrogens with one attached hydrogen (secondary N) is 1. The first-order chi connectivity index (χ1) is 30.5. The zero-order valence-electron chi connectivity index (χ0n) is 35.4. The molecule has 1 amide bonds. The summed E-state index contributed by atoms with van der Waals surface area (Å²) in [5, 5.41) is 11.8. The number of carbonyl (C=O) groups is 2. The molecule has 0 saturated heterocycles. The molecule has 0 saturated carbocycles. The number of ether oxygens (including phenoxy) is 2. The molecule has 0 atom stereocenters.